The Balaban J connectivity index is 0.796. The third kappa shape index (κ3) is 18.5. The minimum atomic E-state index is -4.55. The molecule has 4 saturated carbocycles. The Morgan fingerprint density at radius 2 is 1.58 bits per heavy atom. The van der Waals surface area contributed by atoms with Crippen molar-refractivity contribution >= 4 is 100 Å². The molecule has 7 amide bonds. The minimum absolute atomic E-state index is 0.00139. The highest BCUT2D eigenvalue weighted by molar-refractivity contribution is 7.92. The summed E-state index contributed by atoms with van der Waals surface area (Å²) in [6.07, 6.45) is 7.78. The number of carbonyl (C=O) groups is 7. The molecule has 28 nitrogen and oxygen atoms in total. The van der Waals surface area contributed by atoms with Gasteiger partial charge in [-0.1, -0.05) is 88.4 Å². The molecule has 5 aliphatic rings. The van der Waals surface area contributed by atoms with E-state index in [2.05, 4.69) is 46.1 Å². The Morgan fingerprint density at radius 1 is 0.843 bits per heavy atom. The van der Waals surface area contributed by atoms with E-state index in [1.807, 2.05) is 59.0 Å². The van der Waals surface area contributed by atoms with Crippen LogP contribution in [-0.4, -0.2) is 156 Å². The number of thiazole rings is 1. The molecule has 548 valence electrons. The molecule has 3 aromatic carbocycles. The van der Waals surface area contributed by atoms with Crippen molar-refractivity contribution in [1.82, 2.24) is 40.0 Å². The number of nitrogens with two attached hydrogens (primary N) is 2. The van der Waals surface area contributed by atoms with Gasteiger partial charge in [-0.25, -0.2) is 37.5 Å². The van der Waals surface area contributed by atoms with Crippen molar-refractivity contribution in [2.75, 3.05) is 60.2 Å². The Hall–Kier alpha value is -8.88. The number of anilines is 3. The van der Waals surface area contributed by atoms with E-state index in [1.165, 1.54) is 28.4 Å². The van der Waals surface area contributed by atoms with E-state index in [-0.39, 0.29) is 85.6 Å². The topological polar surface area (TPSA) is 400 Å². The summed E-state index contributed by atoms with van der Waals surface area (Å²) in [5.74, 6) is -4.29. The van der Waals surface area contributed by atoms with Gasteiger partial charge >= 0.3 is 18.1 Å². The molecule has 0 radical (unpaired) electrons. The molecule has 2 unspecified atom stereocenters. The molecular formula is C71H91N13O15S3. The Morgan fingerprint density at radius 3 is 2.25 bits per heavy atom. The van der Waals surface area contributed by atoms with E-state index >= 15 is 0 Å². The summed E-state index contributed by atoms with van der Waals surface area (Å²) >= 11 is 1.39. The number of nitrogens with zero attached hydrogens (tertiary/aromatic N) is 7. The highest BCUT2D eigenvalue weighted by atomic mass is 32.2. The lowest BCUT2D eigenvalue weighted by Crippen LogP contribution is -2.64. The molecule has 4 atom stereocenters. The number of ether oxygens (including phenoxy) is 2. The Bertz CT molecular complexity index is 4340. The second kappa shape index (κ2) is 31.4. The first-order valence-electron chi connectivity index (χ1n) is 34.2. The molecule has 0 spiro atoms. The number of amides is 7. The molecule has 10 N–H and O–H groups in total. The van der Waals surface area contributed by atoms with Gasteiger partial charge in [-0.2, -0.15) is 13.5 Å². The van der Waals surface area contributed by atoms with E-state index in [1.54, 1.807) is 44.3 Å². The number of hydrogen-bond acceptors (Lipinski definition) is 18. The number of carboxylic acid groups (broad SMARTS) is 1. The van der Waals surface area contributed by atoms with Crippen molar-refractivity contribution in [2.45, 2.75) is 155 Å². The standard InChI is InChI=1S/C71H91N13O15S3/c1-7-101(93,94)76-29-12-8-9-20-58(85)79-59(45(2)3)63(88)84(55(61(72)86)18-14-28-74-65(73)91)49-23-21-47(22-24-49)37-98-67(92)81(32-34-102(95,96)97)31-33-99-71-41-68(5)38-69(6,42-71)40-70(39-68,43-71)44-83-46(4)52(35-75-83)50-25-26-57(78-60(50)64(89)90)82-30-27-48-15-13-16-51(53(48)36-82)62(87)80-66-77-54-17-10-11-19-56(54)100-66/h7,10-11,13,15-17,19,21-26,35,45,55,59,76H,1,8-9,12,14,18,20,27-34,36-44H2,2-6H3,(H2,72,86)(H,79,85)(H,89,90)(H3,73,74,91)(H,77,80,87)(H,95,96,97)/t55-,59-,68?,69?,70?,71?/m0/s1. The Labute approximate surface area is 597 Å². The second-order valence-electron chi connectivity index (χ2n) is 28.7. The molecule has 102 heavy (non-hydrogen) atoms. The predicted molar refractivity (Wildman–Crippen MR) is 385 cm³/mol. The first-order chi connectivity index (χ1) is 48.3. The number of urea groups is 1. The van der Waals surface area contributed by atoms with Crippen LogP contribution < -0.4 is 41.9 Å². The average molecular weight is 1460 g/mol. The monoisotopic (exact) mass is 1460 g/mol. The summed E-state index contributed by atoms with van der Waals surface area (Å²) in [5.41, 5.74) is 15.5. The lowest BCUT2D eigenvalue weighted by molar-refractivity contribution is -0.248. The molecule has 4 aliphatic carbocycles. The van der Waals surface area contributed by atoms with Gasteiger partial charge in [0.2, 0.25) is 21.8 Å². The molecule has 6 aromatic rings. The normalized spacial score (nSPS) is 20.5. The maximum absolute atomic E-state index is 14.7. The van der Waals surface area contributed by atoms with E-state index in [0.29, 0.717) is 84.9 Å². The number of pyridine rings is 1. The summed E-state index contributed by atoms with van der Waals surface area (Å²) in [6, 6.07) is 19.9. The van der Waals surface area contributed by atoms with Crippen molar-refractivity contribution < 1.29 is 69.5 Å². The second-order valence-corrected chi connectivity index (χ2v) is 33.0. The highest BCUT2D eigenvalue weighted by Crippen LogP contribution is 2.72. The van der Waals surface area contributed by atoms with Crippen molar-refractivity contribution in [3.05, 3.63) is 131 Å². The van der Waals surface area contributed by atoms with Crippen molar-refractivity contribution in [3.63, 3.8) is 0 Å². The maximum atomic E-state index is 14.7. The number of sulfonamides is 1. The van der Waals surface area contributed by atoms with Crippen LogP contribution in [0.1, 0.15) is 148 Å². The van der Waals surface area contributed by atoms with Gasteiger partial charge in [0.05, 0.1) is 34.4 Å². The van der Waals surface area contributed by atoms with Gasteiger partial charge in [-0.3, -0.25) is 38.6 Å². The number of aromatic carboxylic acids is 1. The Kier molecular flexibility index (Phi) is 23.3. The van der Waals surface area contributed by atoms with Crippen molar-refractivity contribution in [1.29, 1.82) is 0 Å². The van der Waals surface area contributed by atoms with E-state index < -0.39 is 91.9 Å². The largest absolute Gasteiger partial charge is 0.476 e. The number of carboxylic acids is 1. The summed E-state index contributed by atoms with van der Waals surface area (Å²) in [5, 5.41) is 25.2. The SMILES string of the molecule is C=CS(=O)(=O)NCCCCCC(=O)N[C@H](C(=O)N(c1ccc(COC(=O)N(CCOC23CC4(C)CC(C)(CC(Cn5ncc(-c6ccc(N7CCc8cccc(C(=O)Nc9nc%10ccccc%10s9)c8C7)nc6C(=O)O)c5C)(C4)C2)C3)CCS(=O)(=O)O)cc1)[C@@H](CCCNC(N)=O)C(N)=O)C(C)C. The molecule has 1 aliphatic heterocycles. The van der Waals surface area contributed by atoms with Crippen molar-refractivity contribution in [3.8, 4) is 11.1 Å². The van der Waals surface area contributed by atoms with Crippen LogP contribution in [0.3, 0.4) is 0 Å². The van der Waals surface area contributed by atoms with E-state index in [9.17, 15) is 60.1 Å². The fraction of sp³-hybridized carbons (Fsp3) is 0.493. The third-order valence-electron chi connectivity index (χ3n) is 19.9. The molecule has 31 heteroatoms. The highest BCUT2D eigenvalue weighted by Gasteiger charge is 2.66. The maximum Gasteiger partial charge on any atom is 0.410 e. The summed E-state index contributed by atoms with van der Waals surface area (Å²) in [4.78, 5) is 108. The summed E-state index contributed by atoms with van der Waals surface area (Å²) in [6.45, 7) is 13.9. The molecule has 11 rings (SSSR count). The van der Waals surface area contributed by atoms with Crippen LogP contribution in [-0.2, 0) is 70.1 Å². The quantitative estimate of drug-likeness (QED) is 0.0139. The first-order valence-corrected chi connectivity index (χ1v) is 38.2. The van der Waals surface area contributed by atoms with Crippen LogP contribution in [0.25, 0.3) is 21.3 Å². The molecule has 0 saturated heterocycles. The van der Waals surface area contributed by atoms with Gasteiger partial charge in [0, 0.05) is 85.7 Å². The van der Waals surface area contributed by atoms with Crippen LogP contribution in [0.4, 0.5) is 26.2 Å². The first kappa shape index (κ1) is 75.8. The van der Waals surface area contributed by atoms with Gasteiger partial charge < -0.3 is 46.5 Å². The number of benzene rings is 3. The third-order valence-corrected chi connectivity index (χ3v) is 22.6. The number of aromatic nitrogens is 4. The van der Waals surface area contributed by atoms with Gasteiger partial charge in [0.15, 0.2) is 10.8 Å². The van der Waals surface area contributed by atoms with Gasteiger partial charge in [-0.15, -0.1) is 0 Å². The number of nitrogens with one attached hydrogen (secondary N) is 4. The lowest BCUT2D eigenvalue weighted by Gasteiger charge is -2.69. The fourth-order valence-corrected chi connectivity index (χ4v) is 18.3. The molecular weight excluding hydrogens is 1370 g/mol. The molecule has 4 fully saturated rings. The smallest absolute Gasteiger partial charge is 0.410 e. The zero-order chi connectivity index (χ0) is 73.5. The molecule has 4 heterocycles. The van der Waals surface area contributed by atoms with Crippen LogP contribution in [0.2, 0.25) is 0 Å². The minimum Gasteiger partial charge on any atom is -0.476 e. The van der Waals surface area contributed by atoms with Crippen LogP contribution in [0, 0.1) is 29.1 Å². The number of para-hydroxylation sites is 1. The number of rotatable bonds is 34. The zero-order valence-corrected chi connectivity index (χ0v) is 60.5. The van der Waals surface area contributed by atoms with E-state index in [0.717, 1.165) is 69.4 Å². The fourth-order valence-electron chi connectivity index (χ4n) is 16.4. The van der Waals surface area contributed by atoms with Crippen LogP contribution in [0.5, 0.6) is 0 Å². The number of carbonyl (C=O) groups excluding carboxylic acids is 6. The van der Waals surface area contributed by atoms with Gasteiger partial charge in [0.25, 0.3) is 21.9 Å². The van der Waals surface area contributed by atoms with Gasteiger partial charge in [0.1, 0.15) is 24.5 Å². The number of hydrogen-bond donors (Lipinski definition) is 8. The lowest BCUT2D eigenvalue weighted by atomic mass is 9.39. The van der Waals surface area contributed by atoms with Crippen molar-refractivity contribution in [2.24, 2.45) is 33.6 Å². The van der Waals surface area contributed by atoms with E-state index in [4.69, 9.17) is 31.0 Å². The number of primary amides is 2. The number of unbranched alkanes of at least 4 members (excludes halogenated alkanes) is 2. The van der Waals surface area contributed by atoms with Crippen LogP contribution >= 0.6 is 11.3 Å². The van der Waals surface area contributed by atoms with Crippen LogP contribution in [0.15, 0.2) is 97.0 Å². The summed E-state index contributed by atoms with van der Waals surface area (Å²) in [7, 11) is -8.15. The van der Waals surface area contributed by atoms with Gasteiger partial charge in [-0.05, 0) is 159 Å². The predicted octanol–water partition coefficient (Wildman–Crippen LogP) is 8.44. The number of fused-ring (bicyclic) bond motifs is 2. The zero-order valence-electron chi connectivity index (χ0n) is 58.1. The average Bonchev–Trinajstić information content (AvgIpc) is 0.759. The molecule has 4 bridgehead atoms. The summed E-state index contributed by atoms with van der Waals surface area (Å²) < 4.78 is 75.7. The molecule has 3 aromatic heterocycles.